The fraction of sp³-hybridized carbons (Fsp3) is 0.840. The lowest BCUT2D eigenvalue weighted by Gasteiger charge is -2.57. The van der Waals surface area contributed by atoms with E-state index in [4.69, 9.17) is 5.26 Å². The smallest absolute Gasteiger partial charge is 0.102 e. The van der Waals surface area contributed by atoms with Crippen LogP contribution in [0.25, 0.3) is 0 Å². The van der Waals surface area contributed by atoms with E-state index in [0.29, 0.717) is 23.4 Å². The average molecular weight is 398 g/mol. The molecule has 0 radical (unpaired) electrons. The number of hydrogen-bond acceptors (Lipinski definition) is 3. The van der Waals surface area contributed by atoms with Crippen LogP contribution < -0.4 is 0 Å². The Hall–Kier alpha value is -1.34. The lowest BCUT2D eigenvalue weighted by molar-refractivity contribution is -0.118. The van der Waals surface area contributed by atoms with Crippen molar-refractivity contribution in [2.45, 2.75) is 97.6 Å². The molecule has 3 aliphatic rings. The summed E-state index contributed by atoms with van der Waals surface area (Å²) in [6.45, 7) is 9.88. The minimum absolute atomic E-state index is 0.223. The van der Waals surface area contributed by atoms with Crippen molar-refractivity contribution in [3.63, 3.8) is 0 Å². The zero-order valence-corrected chi connectivity index (χ0v) is 18.8. The molecule has 7 atom stereocenters. The summed E-state index contributed by atoms with van der Waals surface area (Å²) in [4.78, 5) is 0. The topological polar surface area (TPSA) is 61.8 Å². The number of nitriles is 1. The van der Waals surface area contributed by atoms with Crippen molar-refractivity contribution >= 4 is 0 Å². The van der Waals surface area contributed by atoms with Gasteiger partial charge < -0.3 is 5.11 Å². The average Bonchev–Trinajstić information content (AvgIpc) is 3.25. The molecule has 4 heteroatoms. The van der Waals surface area contributed by atoms with Gasteiger partial charge in [-0.05, 0) is 86.4 Å². The SMILES string of the molecule is CCC[C@@]1(C)CCC[C@@H]2C1CC[C@@]1(C)C2CC[C@@H]1C(C)(O)Cn1cc(C#N)cn1. The van der Waals surface area contributed by atoms with Gasteiger partial charge in [0.25, 0.3) is 0 Å². The lowest BCUT2D eigenvalue weighted by atomic mass is 9.48. The molecule has 160 valence electrons. The molecule has 1 aromatic heterocycles. The summed E-state index contributed by atoms with van der Waals surface area (Å²) in [6, 6.07) is 2.14. The van der Waals surface area contributed by atoms with Gasteiger partial charge >= 0.3 is 0 Å². The van der Waals surface area contributed by atoms with E-state index >= 15 is 0 Å². The molecule has 4 nitrogen and oxygen atoms in total. The molecule has 0 spiro atoms. The second-order valence-corrected chi connectivity index (χ2v) is 11.2. The maximum absolute atomic E-state index is 11.6. The molecule has 1 heterocycles. The first-order valence-electron chi connectivity index (χ1n) is 11.9. The maximum atomic E-state index is 11.6. The van der Waals surface area contributed by atoms with Gasteiger partial charge in [-0.3, -0.25) is 4.68 Å². The highest BCUT2D eigenvalue weighted by Crippen LogP contribution is 2.66. The van der Waals surface area contributed by atoms with E-state index in [1.165, 1.54) is 51.4 Å². The van der Waals surface area contributed by atoms with Crippen LogP contribution in [0.1, 0.15) is 91.0 Å². The Balaban J connectivity index is 1.55. The summed E-state index contributed by atoms with van der Waals surface area (Å²) < 4.78 is 1.76. The molecule has 1 N–H and O–H groups in total. The van der Waals surface area contributed by atoms with E-state index in [-0.39, 0.29) is 5.41 Å². The highest BCUT2D eigenvalue weighted by Gasteiger charge is 2.60. The van der Waals surface area contributed by atoms with Crippen molar-refractivity contribution in [2.24, 2.45) is 34.5 Å². The second-order valence-electron chi connectivity index (χ2n) is 11.2. The van der Waals surface area contributed by atoms with Gasteiger partial charge in [0.2, 0.25) is 0 Å². The van der Waals surface area contributed by atoms with Gasteiger partial charge in [0.05, 0.1) is 23.9 Å². The molecule has 0 amide bonds. The Bertz CT molecular complexity index is 773. The van der Waals surface area contributed by atoms with Gasteiger partial charge in [0.1, 0.15) is 6.07 Å². The van der Waals surface area contributed by atoms with Crippen molar-refractivity contribution in [3.05, 3.63) is 18.0 Å². The quantitative estimate of drug-likeness (QED) is 0.708. The molecular weight excluding hydrogens is 358 g/mol. The number of rotatable bonds is 5. The summed E-state index contributed by atoms with van der Waals surface area (Å²) in [5.41, 5.74) is 0.522. The standard InChI is InChI=1S/C25H39N3O/c1-5-11-23(2)12-6-7-19-20(23)10-13-24(3)21(19)8-9-22(24)25(4,29)17-28-16-18(14-26)15-27-28/h15-16,19-22,29H,5-13,17H2,1-4H3/t19-,20?,21?,22+,23+,24+,25?/m1/s1. The highest BCUT2D eigenvalue weighted by atomic mass is 16.3. The van der Waals surface area contributed by atoms with Crippen LogP contribution in [0.4, 0.5) is 0 Å². The molecule has 0 bridgehead atoms. The van der Waals surface area contributed by atoms with Crippen molar-refractivity contribution in [2.75, 3.05) is 0 Å². The molecule has 3 unspecified atom stereocenters. The third kappa shape index (κ3) is 3.44. The first-order chi connectivity index (χ1) is 13.7. The number of hydrogen-bond donors (Lipinski definition) is 1. The highest BCUT2D eigenvalue weighted by molar-refractivity contribution is 5.21. The summed E-state index contributed by atoms with van der Waals surface area (Å²) in [7, 11) is 0. The van der Waals surface area contributed by atoms with Gasteiger partial charge in [-0.15, -0.1) is 0 Å². The van der Waals surface area contributed by atoms with E-state index in [1.807, 2.05) is 6.92 Å². The Kier molecular flexibility index (Phi) is 5.35. The third-order valence-corrected chi connectivity index (χ3v) is 9.43. The fourth-order valence-corrected chi connectivity index (χ4v) is 8.33. The maximum Gasteiger partial charge on any atom is 0.102 e. The van der Waals surface area contributed by atoms with Crippen LogP contribution in [0, 0.1) is 45.8 Å². The molecule has 3 fully saturated rings. The van der Waals surface area contributed by atoms with Gasteiger partial charge in [-0.1, -0.05) is 33.6 Å². The van der Waals surface area contributed by atoms with Crippen molar-refractivity contribution in [1.29, 1.82) is 5.26 Å². The summed E-state index contributed by atoms with van der Waals surface area (Å²) in [5.74, 6) is 2.77. The zero-order valence-electron chi connectivity index (χ0n) is 18.8. The van der Waals surface area contributed by atoms with E-state index in [0.717, 1.165) is 24.2 Å². The van der Waals surface area contributed by atoms with Crippen LogP contribution >= 0.6 is 0 Å². The lowest BCUT2D eigenvalue weighted by Crippen LogP contribution is -2.53. The van der Waals surface area contributed by atoms with Crippen LogP contribution in [0.2, 0.25) is 0 Å². The Labute approximate surface area is 176 Å². The molecule has 4 rings (SSSR count). The predicted octanol–water partition coefficient (Wildman–Crippen LogP) is 5.55. The van der Waals surface area contributed by atoms with Crippen LogP contribution in [0.15, 0.2) is 12.4 Å². The van der Waals surface area contributed by atoms with Gasteiger partial charge in [-0.2, -0.15) is 10.4 Å². The van der Waals surface area contributed by atoms with Gasteiger partial charge in [-0.25, -0.2) is 0 Å². The molecule has 0 aliphatic heterocycles. The number of aromatic nitrogens is 2. The van der Waals surface area contributed by atoms with Crippen LogP contribution in [-0.4, -0.2) is 20.5 Å². The zero-order chi connectivity index (χ0) is 20.9. The minimum Gasteiger partial charge on any atom is -0.388 e. The van der Waals surface area contributed by atoms with Crippen LogP contribution in [0.3, 0.4) is 0 Å². The Morgan fingerprint density at radius 2 is 2.03 bits per heavy atom. The second kappa shape index (κ2) is 7.41. The molecule has 1 aromatic rings. The largest absolute Gasteiger partial charge is 0.388 e. The number of aliphatic hydroxyl groups is 1. The summed E-state index contributed by atoms with van der Waals surface area (Å²) in [5, 5.41) is 25.0. The summed E-state index contributed by atoms with van der Waals surface area (Å²) >= 11 is 0. The first kappa shape index (κ1) is 20.9. The predicted molar refractivity (Wildman–Crippen MR) is 115 cm³/mol. The minimum atomic E-state index is -0.795. The molecule has 0 aromatic carbocycles. The van der Waals surface area contributed by atoms with Crippen LogP contribution in [-0.2, 0) is 6.54 Å². The van der Waals surface area contributed by atoms with E-state index in [9.17, 15) is 5.11 Å². The molecule has 3 saturated carbocycles. The van der Waals surface area contributed by atoms with Crippen LogP contribution in [0.5, 0.6) is 0 Å². The molecular formula is C25H39N3O. The van der Waals surface area contributed by atoms with Gasteiger partial charge in [0, 0.05) is 6.20 Å². The monoisotopic (exact) mass is 397 g/mol. The number of fused-ring (bicyclic) bond motifs is 3. The van der Waals surface area contributed by atoms with E-state index in [1.54, 1.807) is 17.1 Å². The molecule has 3 aliphatic carbocycles. The normalized spacial score (nSPS) is 41.2. The summed E-state index contributed by atoms with van der Waals surface area (Å²) in [6.07, 6.45) is 15.2. The first-order valence-corrected chi connectivity index (χ1v) is 11.9. The van der Waals surface area contributed by atoms with E-state index < -0.39 is 5.60 Å². The number of nitrogens with zero attached hydrogens (tertiary/aromatic N) is 3. The van der Waals surface area contributed by atoms with Gasteiger partial charge in [0.15, 0.2) is 0 Å². The molecule has 0 saturated heterocycles. The Morgan fingerprint density at radius 1 is 1.24 bits per heavy atom. The van der Waals surface area contributed by atoms with E-state index in [2.05, 4.69) is 31.9 Å². The van der Waals surface area contributed by atoms with Crippen molar-refractivity contribution in [1.82, 2.24) is 9.78 Å². The van der Waals surface area contributed by atoms with Crippen molar-refractivity contribution in [3.8, 4) is 6.07 Å². The molecule has 29 heavy (non-hydrogen) atoms. The van der Waals surface area contributed by atoms with Crippen molar-refractivity contribution < 1.29 is 5.11 Å². The third-order valence-electron chi connectivity index (χ3n) is 9.43. The Morgan fingerprint density at radius 3 is 2.72 bits per heavy atom. The fourth-order valence-electron chi connectivity index (χ4n) is 8.33.